The number of aliphatic hydroxyl groups excluding tert-OH is 1. The lowest BCUT2D eigenvalue weighted by molar-refractivity contribution is -0.156. The zero-order valence-electron chi connectivity index (χ0n) is 23.8. The van der Waals surface area contributed by atoms with Crippen molar-refractivity contribution in [2.75, 3.05) is 26.3 Å². The van der Waals surface area contributed by atoms with Gasteiger partial charge in [0.1, 0.15) is 6.04 Å². The van der Waals surface area contributed by atoms with Crippen molar-refractivity contribution in [1.29, 1.82) is 0 Å². The molecule has 6 atom stereocenters. The number of ether oxygens (including phenoxy) is 1. The van der Waals surface area contributed by atoms with E-state index in [-0.39, 0.29) is 30.3 Å². The Kier molecular flexibility index (Phi) is 10.5. The molecule has 1 spiro atoms. The molecule has 0 aromatic rings. The summed E-state index contributed by atoms with van der Waals surface area (Å²) in [6.07, 6.45) is 9.94. The van der Waals surface area contributed by atoms with E-state index in [4.69, 9.17) is 4.74 Å². The van der Waals surface area contributed by atoms with Gasteiger partial charge in [-0.25, -0.2) is 0 Å². The van der Waals surface area contributed by atoms with Gasteiger partial charge < -0.3 is 19.6 Å². The van der Waals surface area contributed by atoms with E-state index in [9.17, 15) is 19.5 Å². The molecule has 0 radical (unpaired) electrons. The third-order valence-corrected chi connectivity index (χ3v) is 10.5. The normalized spacial score (nSPS) is 30.4. The van der Waals surface area contributed by atoms with Crippen molar-refractivity contribution in [3.8, 4) is 0 Å². The summed E-state index contributed by atoms with van der Waals surface area (Å²) in [5, 5.41) is 10.4. The number of hydrogen-bond donors (Lipinski definition) is 1. The van der Waals surface area contributed by atoms with Crippen molar-refractivity contribution in [2.24, 2.45) is 17.8 Å². The summed E-state index contributed by atoms with van der Waals surface area (Å²) in [4.78, 5) is 45.7. The van der Waals surface area contributed by atoms with Crippen molar-refractivity contribution in [3.63, 3.8) is 0 Å². The molecule has 3 heterocycles. The van der Waals surface area contributed by atoms with E-state index in [0.717, 1.165) is 38.5 Å². The highest BCUT2D eigenvalue weighted by Crippen LogP contribution is 2.71. The van der Waals surface area contributed by atoms with Crippen LogP contribution in [0.5, 0.6) is 0 Å². The number of hydrogen-bond acceptors (Lipinski definition) is 6. The Morgan fingerprint density at radius 1 is 1.24 bits per heavy atom. The first-order valence-electron chi connectivity index (χ1n) is 14.4. The number of thioether (sulfide) groups is 1. The van der Waals surface area contributed by atoms with Crippen LogP contribution in [0.25, 0.3) is 0 Å². The van der Waals surface area contributed by atoms with Crippen molar-refractivity contribution in [3.05, 3.63) is 25.3 Å². The average Bonchev–Trinajstić information content (AvgIpc) is 3.45. The molecule has 7 nitrogen and oxygen atoms in total. The number of carbonyl (C=O) groups is 3. The van der Waals surface area contributed by atoms with E-state index < -0.39 is 33.4 Å². The number of rotatable bonds is 16. The van der Waals surface area contributed by atoms with Gasteiger partial charge in [-0.2, -0.15) is 0 Å². The molecule has 0 aliphatic carbocycles. The molecule has 0 aromatic heterocycles. The van der Waals surface area contributed by atoms with Crippen LogP contribution in [0.4, 0.5) is 0 Å². The number of nitrogens with zero attached hydrogens (tertiary/aromatic N) is 2. The lowest BCUT2D eigenvalue weighted by Gasteiger charge is -2.40. The van der Waals surface area contributed by atoms with E-state index in [0.29, 0.717) is 32.5 Å². The number of aliphatic hydroxyl groups is 1. The predicted molar refractivity (Wildman–Crippen MR) is 153 cm³/mol. The standard InChI is InChI=1S/C30H48N2O5S/c1-7-10-12-13-18-37-28(36)24-23-26(34)32(22(20-33)19-21(4)5)25(30(23)15-14-29(24,6)38-30)27(35)31(16-9-3)17-11-8-2/h7,9,21-25,33H,1,3,8,10-20H2,2,4-6H3/t22-,23+,24+,25?,29-,30?/m1/s1. The number of carbonyl (C=O) groups excluding carboxylic acids is 3. The number of fused-ring (bicyclic) bond motifs is 1. The fraction of sp³-hybridized carbons (Fsp3) is 0.767. The van der Waals surface area contributed by atoms with E-state index in [1.54, 1.807) is 22.7 Å². The van der Waals surface area contributed by atoms with Crippen LogP contribution in [0.2, 0.25) is 0 Å². The van der Waals surface area contributed by atoms with Crippen LogP contribution in [0.15, 0.2) is 25.3 Å². The number of esters is 1. The zero-order valence-corrected chi connectivity index (χ0v) is 24.6. The summed E-state index contributed by atoms with van der Waals surface area (Å²) in [7, 11) is 0. The van der Waals surface area contributed by atoms with Gasteiger partial charge in [-0.15, -0.1) is 24.9 Å². The van der Waals surface area contributed by atoms with Crippen molar-refractivity contribution >= 4 is 29.5 Å². The van der Waals surface area contributed by atoms with Gasteiger partial charge in [-0.1, -0.05) is 39.3 Å². The summed E-state index contributed by atoms with van der Waals surface area (Å²) in [5.74, 6) is -1.59. The van der Waals surface area contributed by atoms with Gasteiger partial charge in [-0.3, -0.25) is 14.4 Å². The van der Waals surface area contributed by atoms with Crippen LogP contribution in [-0.4, -0.2) is 80.6 Å². The minimum Gasteiger partial charge on any atom is -0.465 e. The van der Waals surface area contributed by atoms with Gasteiger partial charge in [0.25, 0.3) is 0 Å². The highest BCUT2D eigenvalue weighted by molar-refractivity contribution is 8.02. The Morgan fingerprint density at radius 3 is 2.58 bits per heavy atom. The number of unbranched alkanes of at least 4 members (excludes halogenated alkanes) is 3. The average molecular weight is 549 g/mol. The van der Waals surface area contributed by atoms with E-state index in [2.05, 4.69) is 40.9 Å². The maximum Gasteiger partial charge on any atom is 0.311 e. The zero-order chi connectivity index (χ0) is 28.1. The molecule has 2 bridgehead atoms. The molecule has 8 heteroatoms. The molecule has 214 valence electrons. The minimum atomic E-state index is -0.718. The minimum absolute atomic E-state index is 0.0911. The maximum absolute atomic E-state index is 14.3. The summed E-state index contributed by atoms with van der Waals surface area (Å²) in [6.45, 7) is 17.0. The molecule has 38 heavy (non-hydrogen) atoms. The molecule has 0 aromatic carbocycles. The molecular weight excluding hydrogens is 500 g/mol. The predicted octanol–water partition coefficient (Wildman–Crippen LogP) is 4.59. The molecule has 1 N–H and O–H groups in total. The Morgan fingerprint density at radius 2 is 1.97 bits per heavy atom. The lowest BCUT2D eigenvalue weighted by atomic mass is 9.66. The number of allylic oxidation sites excluding steroid dienone is 1. The molecule has 0 saturated carbocycles. The third-order valence-electron chi connectivity index (χ3n) is 8.54. The molecule has 3 fully saturated rings. The van der Waals surface area contributed by atoms with E-state index in [1.807, 2.05) is 11.0 Å². The molecule has 3 aliphatic rings. The summed E-state index contributed by atoms with van der Waals surface area (Å²) in [5.41, 5.74) is 0. The van der Waals surface area contributed by atoms with Crippen LogP contribution in [0.3, 0.4) is 0 Å². The third kappa shape index (κ3) is 5.72. The summed E-state index contributed by atoms with van der Waals surface area (Å²) < 4.78 is 4.59. The molecule has 3 rings (SSSR count). The monoisotopic (exact) mass is 548 g/mol. The first-order chi connectivity index (χ1) is 18.1. The molecule has 2 unspecified atom stereocenters. The summed E-state index contributed by atoms with van der Waals surface area (Å²) in [6, 6.07) is -1.19. The SMILES string of the molecule is C=CCCCCOC(=O)[C@@H]1[C@H]2C(=O)N([C@@H](CO)CC(C)C)C(C(=O)N(CC=C)CCCC)C23CC[C@@]1(C)S3. The quantitative estimate of drug-likeness (QED) is 0.173. The van der Waals surface area contributed by atoms with Crippen molar-refractivity contribution in [1.82, 2.24) is 9.80 Å². The second kappa shape index (κ2) is 13.0. The highest BCUT2D eigenvalue weighted by atomic mass is 32.2. The van der Waals surface area contributed by atoms with Gasteiger partial charge >= 0.3 is 5.97 Å². The maximum atomic E-state index is 14.3. The summed E-state index contributed by atoms with van der Waals surface area (Å²) >= 11 is 1.65. The molecule has 3 aliphatic heterocycles. The number of amides is 2. The van der Waals surface area contributed by atoms with Crippen LogP contribution < -0.4 is 0 Å². The van der Waals surface area contributed by atoms with E-state index in [1.165, 1.54) is 0 Å². The van der Waals surface area contributed by atoms with Crippen LogP contribution in [0.1, 0.15) is 79.1 Å². The fourth-order valence-electron chi connectivity index (χ4n) is 6.84. The Labute approximate surface area is 233 Å². The van der Waals surface area contributed by atoms with Crippen LogP contribution in [-0.2, 0) is 19.1 Å². The van der Waals surface area contributed by atoms with Crippen molar-refractivity contribution in [2.45, 2.75) is 101 Å². The Hall–Kier alpha value is -1.80. The van der Waals surface area contributed by atoms with Crippen LogP contribution >= 0.6 is 11.8 Å². The first-order valence-corrected chi connectivity index (χ1v) is 15.2. The van der Waals surface area contributed by atoms with Gasteiger partial charge in [0, 0.05) is 17.8 Å². The van der Waals surface area contributed by atoms with Crippen LogP contribution in [0, 0.1) is 17.8 Å². The van der Waals surface area contributed by atoms with Gasteiger partial charge in [-0.05, 0) is 57.8 Å². The van der Waals surface area contributed by atoms with Gasteiger partial charge in [0.05, 0.1) is 35.8 Å². The smallest absolute Gasteiger partial charge is 0.311 e. The van der Waals surface area contributed by atoms with E-state index >= 15 is 0 Å². The fourth-order valence-corrected chi connectivity index (χ4v) is 9.16. The van der Waals surface area contributed by atoms with Crippen molar-refractivity contribution < 1.29 is 24.2 Å². The van der Waals surface area contributed by atoms with Gasteiger partial charge in [0.15, 0.2) is 0 Å². The first kappa shape index (κ1) is 30.7. The molecule has 2 amide bonds. The molecule has 3 saturated heterocycles. The Balaban J connectivity index is 2.00. The second-order valence-corrected chi connectivity index (χ2v) is 13.7. The topological polar surface area (TPSA) is 87.1 Å². The largest absolute Gasteiger partial charge is 0.465 e. The highest BCUT2D eigenvalue weighted by Gasteiger charge is 2.78. The lowest BCUT2D eigenvalue weighted by Crippen LogP contribution is -2.57. The molecular formula is C30H48N2O5S. The second-order valence-electron chi connectivity index (χ2n) is 11.8. The van der Waals surface area contributed by atoms with Gasteiger partial charge in [0.2, 0.25) is 11.8 Å². The number of likely N-dealkylation sites (tertiary alicyclic amines) is 1. The Bertz CT molecular complexity index is 894.